The van der Waals surface area contributed by atoms with Gasteiger partial charge in [0.2, 0.25) is 0 Å². The maximum absolute atomic E-state index is 9.24. The summed E-state index contributed by atoms with van der Waals surface area (Å²) in [6.45, 7) is 4.26. The number of aliphatic hydroxyl groups excluding tert-OH is 1. The fourth-order valence-electron chi connectivity index (χ4n) is 1.38. The molecule has 2 unspecified atom stereocenters. The van der Waals surface area contributed by atoms with E-state index in [9.17, 15) is 5.11 Å². The fraction of sp³-hybridized carbons (Fsp3) is 0.545. The standard InChI is InChI=1S/C11H19N3O/c1-8(15)7-14(3)11-5-4-10(6-13-11)9(2)12/h4-6,8-9,15H,7,12H2,1-3H3. The number of rotatable bonds is 4. The summed E-state index contributed by atoms with van der Waals surface area (Å²) in [5, 5.41) is 9.24. The van der Waals surface area contributed by atoms with Gasteiger partial charge in [0.1, 0.15) is 5.82 Å². The number of hydrogen-bond acceptors (Lipinski definition) is 4. The van der Waals surface area contributed by atoms with Crippen LogP contribution in [0.25, 0.3) is 0 Å². The molecule has 0 radical (unpaired) electrons. The number of likely N-dealkylation sites (N-methyl/N-ethyl adjacent to an activating group) is 1. The summed E-state index contributed by atoms with van der Waals surface area (Å²) in [7, 11) is 1.90. The summed E-state index contributed by atoms with van der Waals surface area (Å²) in [5.41, 5.74) is 6.74. The van der Waals surface area contributed by atoms with Gasteiger partial charge in [0.15, 0.2) is 0 Å². The third-order valence-corrected chi connectivity index (χ3v) is 2.23. The van der Waals surface area contributed by atoms with Gasteiger partial charge in [-0.05, 0) is 25.5 Å². The fourth-order valence-corrected chi connectivity index (χ4v) is 1.38. The second kappa shape index (κ2) is 5.09. The lowest BCUT2D eigenvalue weighted by atomic mass is 10.1. The molecule has 0 aliphatic heterocycles. The quantitative estimate of drug-likeness (QED) is 0.774. The van der Waals surface area contributed by atoms with Gasteiger partial charge in [-0.2, -0.15) is 0 Å². The van der Waals surface area contributed by atoms with E-state index in [0.29, 0.717) is 6.54 Å². The largest absolute Gasteiger partial charge is 0.392 e. The number of aliphatic hydroxyl groups is 1. The van der Waals surface area contributed by atoms with Crippen LogP contribution in [0.15, 0.2) is 18.3 Å². The SMILES string of the molecule is CC(O)CN(C)c1ccc(C(C)N)cn1. The van der Waals surface area contributed by atoms with E-state index in [2.05, 4.69) is 4.98 Å². The van der Waals surface area contributed by atoms with Crippen LogP contribution in [0.5, 0.6) is 0 Å². The van der Waals surface area contributed by atoms with E-state index in [1.165, 1.54) is 0 Å². The van der Waals surface area contributed by atoms with Gasteiger partial charge in [0.25, 0.3) is 0 Å². The minimum atomic E-state index is -0.357. The molecule has 0 aliphatic carbocycles. The Kier molecular flexibility index (Phi) is 4.05. The van der Waals surface area contributed by atoms with Crippen LogP contribution in [0.4, 0.5) is 5.82 Å². The van der Waals surface area contributed by atoms with Crippen molar-refractivity contribution in [2.45, 2.75) is 26.0 Å². The van der Waals surface area contributed by atoms with E-state index < -0.39 is 0 Å². The zero-order valence-corrected chi connectivity index (χ0v) is 9.51. The van der Waals surface area contributed by atoms with E-state index in [1.54, 1.807) is 13.1 Å². The summed E-state index contributed by atoms with van der Waals surface area (Å²) in [6, 6.07) is 3.89. The lowest BCUT2D eigenvalue weighted by Crippen LogP contribution is -2.27. The minimum Gasteiger partial charge on any atom is -0.392 e. The van der Waals surface area contributed by atoms with Crippen molar-refractivity contribution in [3.63, 3.8) is 0 Å². The molecule has 3 N–H and O–H groups in total. The van der Waals surface area contributed by atoms with E-state index in [4.69, 9.17) is 5.73 Å². The van der Waals surface area contributed by atoms with Gasteiger partial charge in [-0.3, -0.25) is 0 Å². The molecule has 4 heteroatoms. The Balaban J connectivity index is 2.71. The molecular weight excluding hydrogens is 190 g/mol. The van der Waals surface area contributed by atoms with E-state index in [0.717, 1.165) is 11.4 Å². The first kappa shape index (κ1) is 11.9. The maximum atomic E-state index is 9.24. The molecule has 0 spiro atoms. The Labute approximate surface area is 90.7 Å². The summed E-state index contributed by atoms with van der Waals surface area (Å²) in [5.74, 6) is 0.848. The second-order valence-electron chi connectivity index (χ2n) is 3.97. The number of anilines is 1. The third kappa shape index (κ3) is 3.49. The van der Waals surface area contributed by atoms with Crippen LogP contribution < -0.4 is 10.6 Å². The molecule has 4 nitrogen and oxygen atoms in total. The third-order valence-electron chi connectivity index (χ3n) is 2.23. The number of pyridine rings is 1. The van der Waals surface area contributed by atoms with Crippen LogP contribution in [-0.4, -0.2) is 29.8 Å². The average Bonchev–Trinajstić information content (AvgIpc) is 2.17. The molecule has 2 atom stereocenters. The predicted molar refractivity (Wildman–Crippen MR) is 61.8 cm³/mol. The molecular formula is C11H19N3O. The van der Waals surface area contributed by atoms with Crippen molar-refractivity contribution in [2.75, 3.05) is 18.5 Å². The van der Waals surface area contributed by atoms with Crippen molar-refractivity contribution < 1.29 is 5.11 Å². The molecule has 0 aliphatic rings. The Morgan fingerprint density at radius 1 is 1.47 bits per heavy atom. The molecule has 84 valence electrons. The smallest absolute Gasteiger partial charge is 0.128 e. The predicted octanol–water partition coefficient (Wildman–Crippen LogP) is 0.918. The van der Waals surface area contributed by atoms with E-state index in [1.807, 2.05) is 31.0 Å². The van der Waals surface area contributed by atoms with E-state index in [-0.39, 0.29) is 12.1 Å². The molecule has 1 heterocycles. The molecule has 0 saturated heterocycles. The molecule has 0 fully saturated rings. The van der Waals surface area contributed by atoms with Crippen molar-refractivity contribution in [1.29, 1.82) is 0 Å². The first-order valence-corrected chi connectivity index (χ1v) is 5.11. The molecule has 0 saturated carbocycles. The van der Waals surface area contributed by atoms with Crippen LogP contribution >= 0.6 is 0 Å². The zero-order chi connectivity index (χ0) is 11.4. The molecule has 1 aromatic heterocycles. The molecule has 1 aromatic rings. The highest BCUT2D eigenvalue weighted by atomic mass is 16.3. The number of nitrogens with two attached hydrogens (primary N) is 1. The average molecular weight is 209 g/mol. The number of nitrogens with zero attached hydrogens (tertiary/aromatic N) is 2. The van der Waals surface area contributed by atoms with Crippen molar-refractivity contribution in [3.8, 4) is 0 Å². The van der Waals surface area contributed by atoms with E-state index >= 15 is 0 Å². The van der Waals surface area contributed by atoms with Crippen LogP contribution in [0.3, 0.4) is 0 Å². The Bertz CT molecular complexity index is 295. The topological polar surface area (TPSA) is 62.4 Å². The highest BCUT2D eigenvalue weighted by Crippen LogP contribution is 2.13. The minimum absolute atomic E-state index is 0.00798. The van der Waals surface area contributed by atoms with Crippen molar-refractivity contribution in [2.24, 2.45) is 5.73 Å². The molecule has 1 rings (SSSR count). The highest BCUT2D eigenvalue weighted by molar-refractivity contribution is 5.38. The first-order valence-electron chi connectivity index (χ1n) is 5.11. The number of hydrogen-bond donors (Lipinski definition) is 2. The van der Waals surface area contributed by atoms with Gasteiger partial charge in [-0.15, -0.1) is 0 Å². The van der Waals surface area contributed by atoms with Crippen LogP contribution in [0, 0.1) is 0 Å². The van der Waals surface area contributed by atoms with Crippen LogP contribution in [-0.2, 0) is 0 Å². The van der Waals surface area contributed by atoms with Gasteiger partial charge in [0.05, 0.1) is 6.10 Å². The summed E-state index contributed by atoms with van der Waals surface area (Å²) >= 11 is 0. The first-order chi connectivity index (χ1) is 7.00. The Morgan fingerprint density at radius 2 is 2.13 bits per heavy atom. The highest BCUT2D eigenvalue weighted by Gasteiger charge is 2.06. The molecule has 0 bridgehead atoms. The van der Waals surface area contributed by atoms with Gasteiger partial charge >= 0.3 is 0 Å². The van der Waals surface area contributed by atoms with Crippen molar-refractivity contribution in [3.05, 3.63) is 23.9 Å². The molecule has 0 amide bonds. The zero-order valence-electron chi connectivity index (χ0n) is 9.51. The van der Waals surface area contributed by atoms with Crippen LogP contribution in [0.2, 0.25) is 0 Å². The summed E-state index contributed by atoms with van der Waals surface area (Å²) < 4.78 is 0. The second-order valence-corrected chi connectivity index (χ2v) is 3.97. The van der Waals surface area contributed by atoms with Gasteiger partial charge in [0, 0.05) is 25.8 Å². The Morgan fingerprint density at radius 3 is 2.53 bits per heavy atom. The molecule has 0 aromatic carbocycles. The summed E-state index contributed by atoms with van der Waals surface area (Å²) in [4.78, 5) is 6.20. The van der Waals surface area contributed by atoms with Crippen molar-refractivity contribution >= 4 is 5.82 Å². The Hall–Kier alpha value is -1.13. The lowest BCUT2D eigenvalue weighted by molar-refractivity contribution is 0.201. The summed E-state index contributed by atoms with van der Waals surface area (Å²) in [6.07, 6.45) is 1.42. The normalized spacial score (nSPS) is 14.7. The van der Waals surface area contributed by atoms with Crippen LogP contribution in [0.1, 0.15) is 25.5 Å². The van der Waals surface area contributed by atoms with Gasteiger partial charge in [-0.1, -0.05) is 6.07 Å². The monoisotopic (exact) mass is 209 g/mol. The van der Waals surface area contributed by atoms with Gasteiger partial charge < -0.3 is 15.7 Å². The van der Waals surface area contributed by atoms with Gasteiger partial charge in [-0.25, -0.2) is 4.98 Å². The molecule has 15 heavy (non-hydrogen) atoms. The maximum Gasteiger partial charge on any atom is 0.128 e. The van der Waals surface area contributed by atoms with Crippen molar-refractivity contribution in [1.82, 2.24) is 4.98 Å². The number of aromatic nitrogens is 1. The lowest BCUT2D eigenvalue weighted by Gasteiger charge is -2.20.